The van der Waals surface area contributed by atoms with Crippen LogP contribution in [0.5, 0.6) is 17.2 Å². The third-order valence-corrected chi connectivity index (χ3v) is 7.00. The lowest BCUT2D eigenvalue weighted by Gasteiger charge is -2.40. The Bertz CT molecular complexity index is 1120. The molecule has 35 heavy (non-hydrogen) atoms. The van der Waals surface area contributed by atoms with Crippen molar-refractivity contribution >= 4 is 5.69 Å². The first-order valence-corrected chi connectivity index (χ1v) is 12.1. The lowest BCUT2D eigenvalue weighted by molar-refractivity contribution is 0.187. The number of anilines is 1. The Labute approximate surface area is 207 Å². The molecule has 0 radical (unpaired) electrons. The van der Waals surface area contributed by atoms with Crippen LogP contribution in [-0.4, -0.2) is 72.6 Å². The summed E-state index contributed by atoms with van der Waals surface area (Å²) in [6.45, 7) is 9.97. The van der Waals surface area contributed by atoms with Gasteiger partial charge in [-0.05, 0) is 60.5 Å². The van der Waals surface area contributed by atoms with Crippen molar-refractivity contribution in [3.05, 3.63) is 53.9 Å². The highest BCUT2D eigenvalue weighted by Gasteiger charge is 2.34. The molecular formula is C26H36N6O3. The van der Waals surface area contributed by atoms with E-state index in [-0.39, 0.29) is 11.6 Å². The maximum atomic E-state index is 5.63. The fraction of sp³-hybridized carbons (Fsp3) is 0.500. The number of aromatic nitrogens is 4. The highest BCUT2D eigenvalue weighted by Crippen LogP contribution is 2.36. The molecule has 1 fully saturated rings. The van der Waals surface area contributed by atoms with E-state index >= 15 is 0 Å². The summed E-state index contributed by atoms with van der Waals surface area (Å²) in [5.74, 6) is 3.10. The summed E-state index contributed by atoms with van der Waals surface area (Å²) in [4.78, 5) is 4.84. The number of nitrogens with zero attached hydrogens (tertiary/aromatic N) is 6. The minimum atomic E-state index is -0.212. The van der Waals surface area contributed by atoms with E-state index in [0.717, 1.165) is 49.7 Å². The molecule has 0 unspecified atom stereocenters. The monoisotopic (exact) mass is 480 g/mol. The van der Waals surface area contributed by atoms with Crippen molar-refractivity contribution < 1.29 is 14.2 Å². The quantitative estimate of drug-likeness (QED) is 0.458. The van der Waals surface area contributed by atoms with Gasteiger partial charge in [0.05, 0.1) is 32.9 Å². The maximum absolute atomic E-state index is 5.63. The van der Waals surface area contributed by atoms with Gasteiger partial charge in [0.1, 0.15) is 5.75 Å². The van der Waals surface area contributed by atoms with E-state index in [0.29, 0.717) is 11.5 Å². The molecule has 3 aromatic rings. The molecule has 1 aliphatic rings. The van der Waals surface area contributed by atoms with Gasteiger partial charge in [-0.2, -0.15) is 0 Å². The van der Waals surface area contributed by atoms with Crippen LogP contribution in [0, 0.1) is 0 Å². The van der Waals surface area contributed by atoms with Crippen LogP contribution in [0.4, 0.5) is 5.69 Å². The average molecular weight is 481 g/mol. The van der Waals surface area contributed by atoms with E-state index in [1.54, 1.807) is 21.3 Å². The minimum Gasteiger partial charge on any atom is -0.497 e. The molecule has 0 amide bonds. The predicted octanol–water partition coefficient (Wildman–Crippen LogP) is 3.76. The largest absolute Gasteiger partial charge is 0.497 e. The molecule has 1 aliphatic heterocycles. The van der Waals surface area contributed by atoms with Crippen LogP contribution in [0.15, 0.2) is 42.5 Å². The van der Waals surface area contributed by atoms with Crippen LogP contribution in [-0.2, 0) is 5.54 Å². The summed E-state index contributed by atoms with van der Waals surface area (Å²) in [5.41, 5.74) is 2.03. The Morgan fingerprint density at radius 2 is 1.66 bits per heavy atom. The van der Waals surface area contributed by atoms with E-state index < -0.39 is 0 Å². The highest BCUT2D eigenvalue weighted by molar-refractivity contribution is 5.51. The fourth-order valence-electron chi connectivity index (χ4n) is 4.54. The number of rotatable bonds is 9. The maximum Gasteiger partial charge on any atom is 0.173 e. The molecule has 0 aliphatic carbocycles. The lowest BCUT2D eigenvalue weighted by atomic mass is 9.98. The molecule has 1 aromatic heterocycles. The van der Waals surface area contributed by atoms with Gasteiger partial charge in [-0.3, -0.25) is 4.90 Å². The first kappa shape index (κ1) is 24.8. The number of tetrazole rings is 1. The molecule has 4 rings (SSSR count). The van der Waals surface area contributed by atoms with Gasteiger partial charge < -0.3 is 19.1 Å². The molecule has 0 N–H and O–H groups in total. The second-order valence-corrected chi connectivity index (χ2v) is 9.36. The molecule has 2 aromatic carbocycles. The second kappa shape index (κ2) is 10.5. The SMILES string of the molecule is CCC(C)(C)n1nnnc1[C@@H](c1ccc(OC)c(OC)c1)N1CCN(c2cccc(OC)c2)CC1. The molecule has 2 heterocycles. The summed E-state index contributed by atoms with van der Waals surface area (Å²) in [6.07, 6.45) is 0.910. The number of ether oxygens (including phenoxy) is 3. The Balaban J connectivity index is 1.68. The smallest absolute Gasteiger partial charge is 0.173 e. The molecule has 1 saturated heterocycles. The molecule has 9 nitrogen and oxygen atoms in total. The Hall–Kier alpha value is -3.33. The number of methoxy groups -OCH3 is 3. The van der Waals surface area contributed by atoms with Crippen LogP contribution in [0.3, 0.4) is 0 Å². The minimum absolute atomic E-state index is 0.122. The van der Waals surface area contributed by atoms with Crippen molar-refractivity contribution in [3.8, 4) is 17.2 Å². The molecule has 0 saturated carbocycles. The Morgan fingerprint density at radius 3 is 2.31 bits per heavy atom. The first-order valence-electron chi connectivity index (χ1n) is 12.1. The summed E-state index contributed by atoms with van der Waals surface area (Å²) in [6, 6.07) is 14.2. The molecule has 188 valence electrons. The van der Waals surface area contributed by atoms with Gasteiger partial charge >= 0.3 is 0 Å². The highest BCUT2D eigenvalue weighted by atomic mass is 16.5. The van der Waals surface area contributed by atoms with Crippen molar-refractivity contribution in [3.63, 3.8) is 0 Å². The zero-order chi connectivity index (χ0) is 25.0. The number of hydrogen-bond acceptors (Lipinski definition) is 8. The van der Waals surface area contributed by atoms with Gasteiger partial charge in [0.15, 0.2) is 17.3 Å². The number of hydrogen-bond donors (Lipinski definition) is 0. The summed E-state index contributed by atoms with van der Waals surface area (Å²) in [7, 11) is 5.01. The van der Waals surface area contributed by atoms with E-state index in [1.165, 1.54) is 5.69 Å². The Kier molecular flexibility index (Phi) is 7.45. The molecule has 1 atom stereocenters. The van der Waals surface area contributed by atoms with Crippen LogP contribution in [0.2, 0.25) is 0 Å². The van der Waals surface area contributed by atoms with E-state index in [1.807, 2.05) is 28.9 Å². The van der Waals surface area contributed by atoms with Crippen molar-refractivity contribution in [1.82, 2.24) is 25.1 Å². The number of piperazine rings is 1. The van der Waals surface area contributed by atoms with Gasteiger partial charge in [0.2, 0.25) is 0 Å². The van der Waals surface area contributed by atoms with E-state index in [4.69, 9.17) is 14.2 Å². The normalized spacial score (nSPS) is 15.7. The zero-order valence-corrected chi connectivity index (χ0v) is 21.6. The lowest BCUT2D eigenvalue weighted by Crippen LogP contribution is -2.48. The molecular weight excluding hydrogens is 444 g/mol. The topological polar surface area (TPSA) is 77.8 Å². The van der Waals surface area contributed by atoms with Crippen molar-refractivity contribution in [1.29, 1.82) is 0 Å². The summed E-state index contributed by atoms with van der Waals surface area (Å²) >= 11 is 0. The van der Waals surface area contributed by atoms with E-state index in [2.05, 4.69) is 64.3 Å². The third kappa shape index (κ3) is 5.05. The Morgan fingerprint density at radius 1 is 0.914 bits per heavy atom. The predicted molar refractivity (Wildman–Crippen MR) is 136 cm³/mol. The van der Waals surface area contributed by atoms with Crippen molar-refractivity contribution in [2.75, 3.05) is 52.4 Å². The number of benzene rings is 2. The zero-order valence-electron chi connectivity index (χ0n) is 21.6. The van der Waals surface area contributed by atoms with Crippen LogP contribution in [0.1, 0.15) is 44.6 Å². The first-order chi connectivity index (χ1) is 16.9. The van der Waals surface area contributed by atoms with Crippen molar-refractivity contribution in [2.45, 2.75) is 38.8 Å². The fourth-order valence-corrected chi connectivity index (χ4v) is 4.54. The molecule has 0 bridgehead atoms. The van der Waals surface area contributed by atoms with Gasteiger partial charge in [-0.1, -0.05) is 19.1 Å². The second-order valence-electron chi connectivity index (χ2n) is 9.36. The van der Waals surface area contributed by atoms with Gasteiger partial charge in [0.25, 0.3) is 0 Å². The van der Waals surface area contributed by atoms with Gasteiger partial charge in [-0.25, -0.2) is 4.68 Å². The van der Waals surface area contributed by atoms with Crippen LogP contribution in [0.25, 0.3) is 0 Å². The van der Waals surface area contributed by atoms with Gasteiger partial charge in [-0.15, -0.1) is 5.10 Å². The average Bonchev–Trinajstić information content (AvgIpc) is 3.39. The summed E-state index contributed by atoms with van der Waals surface area (Å²) < 4.78 is 18.5. The summed E-state index contributed by atoms with van der Waals surface area (Å²) in [5, 5.41) is 13.0. The van der Waals surface area contributed by atoms with Crippen LogP contribution < -0.4 is 19.1 Å². The van der Waals surface area contributed by atoms with Crippen LogP contribution >= 0.6 is 0 Å². The molecule has 9 heteroatoms. The standard InChI is InChI=1S/C26H36N6O3/c1-7-26(2,3)32-25(27-28-29-32)24(19-11-12-22(34-5)23(17-19)35-6)31-15-13-30(14-16-31)20-9-8-10-21(18-20)33-4/h8-12,17-18,24H,7,13-16H2,1-6H3/t24-/m1/s1. The van der Waals surface area contributed by atoms with E-state index in [9.17, 15) is 0 Å². The van der Waals surface area contributed by atoms with Gasteiger partial charge in [0, 0.05) is 37.9 Å². The van der Waals surface area contributed by atoms with Crippen molar-refractivity contribution in [2.24, 2.45) is 0 Å². The molecule has 0 spiro atoms. The third-order valence-electron chi connectivity index (χ3n) is 7.00.